The summed E-state index contributed by atoms with van der Waals surface area (Å²) in [5.74, 6) is 0.0250. The molecule has 0 aromatic heterocycles. The van der Waals surface area contributed by atoms with Gasteiger partial charge in [-0.05, 0) is 30.7 Å². The maximum Gasteiger partial charge on any atom is 0.339 e. The molecule has 5 heteroatoms. The van der Waals surface area contributed by atoms with E-state index in [2.05, 4.69) is 0 Å². The Balaban J connectivity index is 1.66. The van der Waals surface area contributed by atoms with E-state index in [0.29, 0.717) is 24.3 Å². The van der Waals surface area contributed by atoms with E-state index in [4.69, 9.17) is 9.47 Å². The number of rotatable bonds is 1. The average Bonchev–Trinajstić information content (AvgIpc) is 2.61. The first-order valence-electron chi connectivity index (χ1n) is 7.99. The van der Waals surface area contributed by atoms with Crippen molar-refractivity contribution in [2.45, 2.75) is 25.5 Å². The van der Waals surface area contributed by atoms with Crippen molar-refractivity contribution < 1.29 is 19.1 Å². The summed E-state index contributed by atoms with van der Waals surface area (Å²) in [6, 6.07) is 14.6. The Morgan fingerprint density at radius 2 is 1.88 bits per heavy atom. The topological polar surface area (TPSA) is 55.8 Å². The number of carbonyl (C=O) groups is 2. The lowest BCUT2D eigenvalue weighted by molar-refractivity contribution is -0.128. The van der Waals surface area contributed by atoms with Gasteiger partial charge in [-0.1, -0.05) is 30.3 Å². The lowest BCUT2D eigenvalue weighted by Crippen LogP contribution is -2.51. The smallest absolute Gasteiger partial charge is 0.339 e. The number of hydrogen-bond donors (Lipinski definition) is 0. The first kappa shape index (κ1) is 14.8. The Hall–Kier alpha value is -2.82. The highest BCUT2D eigenvalue weighted by Gasteiger charge is 2.38. The molecule has 2 aromatic carbocycles. The van der Waals surface area contributed by atoms with Crippen molar-refractivity contribution in [1.82, 2.24) is 0 Å². The summed E-state index contributed by atoms with van der Waals surface area (Å²) in [6.45, 7) is 2.34. The highest BCUT2D eigenvalue weighted by molar-refractivity contribution is 6.02. The van der Waals surface area contributed by atoms with Gasteiger partial charge in [0.05, 0.1) is 17.3 Å². The molecule has 0 unspecified atom stereocenters. The molecule has 2 aliphatic heterocycles. The zero-order valence-corrected chi connectivity index (χ0v) is 13.3. The van der Waals surface area contributed by atoms with Crippen LogP contribution in [0, 0.1) is 0 Å². The quantitative estimate of drug-likeness (QED) is 0.757. The van der Waals surface area contributed by atoms with E-state index in [1.807, 2.05) is 43.3 Å². The SMILES string of the molecule is C[C@@H]1COc2ccccc2N1C(=O)[C@@H]1Cc2ccccc2C(=O)O1. The molecule has 5 nitrogen and oxygen atoms in total. The number of ether oxygens (including phenoxy) is 2. The van der Waals surface area contributed by atoms with Gasteiger partial charge in [-0.25, -0.2) is 4.79 Å². The maximum absolute atomic E-state index is 13.1. The second-order valence-electron chi connectivity index (χ2n) is 6.09. The van der Waals surface area contributed by atoms with Gasteiger partial charge in [0.1, 0.15) is 12.4 Å². The molecular weight excluding hydrogens is 306 g/mol. The van der Waals surface area contributed by atoms with Gasteiger partial charge in [-0.15, -0.1) is 0 Å². The van der Waals surface area contributed by atoms with Crippen molar-refractivity contribution in [3.05, 3.63) is 59.7 Å². The number of anilines is 1. The number of amides is 1. The van der Waals surface area contributed by atoms with Gasteiger partial charge in [-0.2, -0.15) is 0 Å². The van der Waals surface area contributed by atoms with Crippen LogP contribution in [0.25, 0.3) is 0 Å². The van der Waals surface area contributed by atoms with Crippen LogP contribution in [0.1, 0.15) is 22.8 Å². The van der Waals surface area contributed by atoms with Crippen molar-refractivity contribution in [1.29, 1.82) is 0 Å². The number of nitrogens with zero attached hydrogens (tertiary/aromatic N) is 1. The van der Waals surface area contributed by atoms with Gasteiger partial charge >= 0.3 is 5.97 Å². The van der Waals surface area contributed by atoms with Gasteiger partial charge in [0.15, 0.2) is 6.10 Å². The molecule has 122 valence electrons. The Bertz CT molecular complexity index is 817. The summed E-state index contributed by atoms with van der Waals surface area (Å²) < 4.78 is 11.1. The van der Waals surface area contributed by atoms with Crippen LogP contribution in [0.5, 0.6) is 5.75 Å². The van der Waals surface area contributed by atoms with Crippen LogP contribution < -0.4 is 9.64 Å². The average molecular weight is 323 g/mol. The third-order valence-electron chi connectivity index (χ3n) is 4.45. The molecule has 4 rings (SSSR count). The zero-order chi connectivity index (χ0) is 16.7. The minimum Gasteiger partial charge on any atom is -0.489 e. The molecule has 0 radical (unpaired) electrons. The number of benzene rings is 2. The van der Waals surface area contributed by atoms with Crippen LogP contribution in [0.2, 0.25) is 0 Å². The Kier molecular flexibility index (Phi) is 3.49. The Morgan fingerprint density at radius 3 is 2.75 bits per heavy atom. The van der Waals surface area contributed by atoms with Crippen LogP contribution in [-0.4, -0.2) is 30.6 Å². The number of cyclic esters (lactones) is 1. The summed E-state index contributed by atoms with van der Waals surface area (Å²) >= 11 is 0. The first-order chi connectivity index (χ1) is 11.6. The summed E-state index contributed by atoms with van der Waals surface area (Å²) in [4.78, 5) is 27.0. The van der Waals surface area contributed by atoms with Gasteiger partial charge in [0.2, 0.25) is 0 Å². The highest BCUT2D eigenvalue weighted by Crippen LogP contribution is 2.35. The van der Waals surface area contributed by atoms with E-state index >= 15 is 0 Å². The lowest BCUT2D eigenvalue weighted by Gasteiger charge is -2.37. The van der Waals surface area contributed by atoms with Crippen LogP contribution in [0.3, 0.4) is 0 Å². The first-order valence-corrected chi connectivity index (χ1v) is 7.99. The maximum atomic E-state index is 13.1. The predicted molar refractivity (Wildman–Crippen MR) is 88.2 cm³/mol. The van der Waals surface area contributed by atoms with Gasteiger partial charge in [0, 0.05) is 6.42 Å². The Labute approximate surface area is 139 Å². The number of para-hydroxylation sites is 2. The lowest BCUT2D eigenvalue weighted by atomic mass is 9.97. The summed E-state index contributed by atoms with van der Waals surface area (Å²) in [6.07, 6.45) is -0.409. The fraction of sp³-hybridized carbons (Fsp3) is 0.263. The van der Waals surface area contributed by atoms with E-state index < -0.39 is 12.1 Å². The number of fused-ring (bicyclic) bond motifs is 2. The second-order valence-corrected chi connectivity index (χ2v) is 6.09. The van der Waals surface area contributed by atoms with Crippen LogP contribution >= 0.6 is 0 Å². The number of carbonyl (C=O) groups excluding carboxylic acids is 2. The molecule has 0 spiro atoms. The fourth-order valence-corrected chi connectivity index (χ4v) is 3.26. The van der Waals surface area contributed by atoms with Crippen molar-refractivity contribution in [2.24, 2.45) is 0 Å². The molecule has 0 aliphatic carbocycles. The number of esters is 1. The highest BCUT2D eigenvalue weighted by atomic mass is 16.5. The molecule has 0 bridgehead atoms. The molecule has 0 saturated carbocycles. The molecule has 2 heterocycles. The van der Waals surface area contributed by atoms with Crippen LogP contribution in [0.15, 0.2) is 48.5 Å². The fourth-order valence-electron chi connectivity index (χ4n) is 3.26. The molecule has 0 saturated heterocycles. The Morgan fingerprint density at radius 1 is 1.12 bits per heavy atom. The van der Waals surface area contributed by atoms with Crippen molar-refractivity contribution in [3.63, 3.8) is 0 Å². The van der Waals surface area contributed by atoms with Crippen molar-refractivity contribution >= 4 is 17.6 Å². The molecule has 24 heavy (non-hydrogen) atoms. The van der Waals surface area contributed by atoms with E-state index in [0.717, 1.165) is 11.3 Å². The van der Waals surface area contributed by atoms with E-state index in [-0.39, 0.29) is 11.9 Å². The molecule has 2 atom stereocenters. The third kappa shape index (κ3) is 2.33. The van der Waals surface area contributed by atoms with Crippen molar-refractivity contribution in [3.8, 4) is 5.75 Å². The minimum absolute atomic E-state index is 0.122. The van der Waals surface area contributed by atoms with E-state index in [9.17, 15) is 9.59 Å². The third-order valence-corrected chi connectivity index (χ3v) is 4.45. The number of hydrogen-bond acceptors (Lipinski definition) is 4. The standard InChI is InChI=1S/C19H17NO4/c1-12-11-23-16-9-5-4-8-15(16)20(12)18(21)17-10-13-6-2-3-7-14(13)19(22)24-17/h2-9,12,17H,10-11H2,1H3/t12-,17+/m1/s1. The molecular formula is C19H17NO4. The van der Waals surface area contributed by atoms with Gasteiger partial charge < -0.3 is 9.47 Å². The molecule has 2 aromatic rings. The van der Waals surface area contributed by atoms with Gasteiger partial charge in [0.25, 0.3) is 5.91 Å². The predicted octanol–water partition coefficient (Wildman–Crippen LogP) is 2.58. The summed E-state index contributed by atoms with van der Waals surface area (Å²) in [5, 5.41) is 0. The van der Waals surface area contributed by atoms with Gasteiger partial charge in [-0.3, -0.25) is 9.69 Å². The summed E-state index contributed by atoms with van der Waals surface area (Å²) in [7, 11) is 0. The normalized spacial score (nSPS) is 22.0. The van der Waals surface area contributed by atoms with E-state index in [1.165, 1.54) is 0 Å². The van der Waals surface area contributed by atoms with Crippen LogP contribution in [0.4, 0.5) is 5.69 Å². The monoisotopic (exact) mass is 323 g/mol. The minimum atomic E-state index is -0.805. The zero-order valence-electron chi connectivity index (χ0n) is 13.3. The van der Waals surface area contributed by atoms with Crippen LogP contribution in [-0.2, 0) is 16.0 Å². The molecule has 0 fully saturated rings. The molecule has 2 aliphatic rings. The largest absolute Gasteiger partial charge is 0.489 e. The van der Waals surface area contributed by atoms with Crippen molar-refractivity contribution in [2.75, 3.05) is 11.5 Å². The van der Waals surface area contributed by atoms with E-state index in [1.54, 1.807) is 17.0 Å². The summed E-state index contributed by atoms with van der Waals surface area (Å²) in [5.41, 5.74) is 2.11. The molecule has 0 N–H and O–H groups in total. The second kappa shape index (κ2) is 5.67. The molecule has 1 amide bonds.